The van der Waals surface area contributed by atoms with Crippen molar-refractivity contribution in [2.45, 2.75) is 38.4 Å². The van der Waals surface area contributed by atoms with E-state index in [-0.39, 0.29) is 0 Å². The van der Waals surface area contributed by atoms with Crippen LogP contribution in [-0.4, -0.2) is 43.2 Å². The number of nitriles is 1. The summed E-state index contributed by atoms with van der Waals surface area (Å²) in [5.74, 6) is 0.584. The Balaban J connectivity index is 1.26. The monoisotopic (exact) mass is 440 g/mol. The van der Waals surface area contributed by atoms with Crippen molar-refractivity contribution in [3.05, 3.63) is 65.9 Å². The van der Waals surface area contributed by atoms with Crippen molar-refractivity contribution >= 4 is 22.3 Å². The van der Waals surface area contributed by atoms with E-state index in [4.69, 9.17) is 5.73 Å². The van der Waals surface area contributed by atoms with E-state index in [1.165, 1.54) is 16.9 Å². The molecule has 6 nitrogen and oxygen atoms in total. The molecule has 0 radical (unpaired) electrons. The number of nitrogens with two attached hydrogens (primary N) is 1. The van der Waals surface area contributed by atoms with Crippen LogP contribution in [0.4, 0.5) is 11.4 Å². The number of piperidine rings is 1. The Kier molecular flexibility index (Phi) is 6.17. The lowest BCUT2D eigenvalue weighted by Gasteiger charge is -2.39. The topological polar surface area (TPSA) is 81.2 Å². The van der Waals surface area contributed by atoms with Crippen molar-refractivity contribution in [3.8, 4) is 6.07 Å². The van der Waals surface area contributed by atoms with E-state index in [2.05, 4.69) is 69.5 Å². The van der Waals surface area contributed by atoms with Gasteiger partial charge in [-0.05, 0) is 60.7 Å². The maximum atomic E-state index is 9.47. The number of nitrogens with zero attached hydrogens (tertiary/aromatic N) is 4. The zero-order chi connectivity index (χ0) is 22.8. The van der Waals surface area contributed by atoms with Crippen LogP contribution in [-0.2, 0) is 6.54 Å². The third kappa shape index (κ3) is 4.66. The molecule has 170 valence electrons. The van der Waals surface area contributed by atoms with Crippen molar-refractivity contribution in [1.29, 1.82) is 5.26 Å². The Bertz CT molecular complexity index is 1150. The van der Waals surface area contributed by atoms with Gasteiger partial charge in [0.05, 0.1) is 11.1 Å². The number of hydrogen-bond donors (Lipinski definition) is 2. The zero-order valence-corrected chi connectivity index (χ0v) is 19.2. The molecule has 3 heterocycles. The highest BCUT2D eigenvalue weighted by atomic mass is 15.2. The molecule has 0 bridgehead atoms. The predicted molar refractivity (Wildman–Crippen MR) is 134 cm³/mol. The summed E-state index contributed by atoms with van der Waals surface area (Å²) in [5, 5.41) is 14.3. The largest absolute Gasteiger partial charge is 0.370 e. The summed E-state index contributed by atoms with van der Waals surface area (Å²) in [5.41, 5.74) is 11.2. The number of pyridine rings is 1. The first-order valence-corrected chi connectivity index (χ1v) is 12.0. The van der Waals surface area contributed by atoms with Gasteiger partial charge in [-0.25, -0.2) is 0 Å². The van der Waals surface area contributed by atoms with Crippen molar-refractivity contribution < 1.29 is 0 Å². The van der Waals surface area contributed by atoms with E-state index < -0.39 is 0 Å². The minimum Gasteiger partial charge on any atom is -0.370 e. The van der Waals surface area contributed by atoms with Crippen molar-refractivity contribution in [3.63, 3.8) is 0 Å². The Labute approximate surface area is 196 Å². The fourth-order valence-corrected chi connectivity index (χ4v) is 5.33. The van der Waals surface area contributed by atoms with E-state index in [1.807, 2.05) is 12.1 Å². The van der Waals surface area contributed by atoms with Crippen LogP contribution in [0.2, 0.25) is 0 Å². The molecule has 2 saturated heterocycles. The van der Waals surface area contributed by atoms with E-state index >= 15 is 0 Å². The van der Waals surface area contributed by atoms with E-state index in [0.717, 1.165) is 56.5 Å². The molecule has 5 rings (SSSR count). The quantitative estimate of drug-likeness (QED) is 0.630. The fourth-order valence-electron chi connectivity index (χ4n) is 5.33. The standard InChI is InChI=1S/C27H32N6/c1-19-13-23(31-15-20-4-7-24(8-5-20)32-12-10-22(29)17-32)18-33(16-19)26-9-6-21(14-28)27-25(26)3-2-11-30-27/h2-9,11,19,22-23,31H,10,12-13,15-18,29H2,1H3/t19-,22?,23+/m0/s1. The molecule has 3 atom stereocenters. The maximum Gasteiger partial charge on any atom is 0.101 e. The lowest BCUT2D eigenvalue weighted by atomic mass is 9.94. The summed E-state index contributed by atoms with van der Waals surface area (Å²) >= 11 is 0. The van der Waals surface area contributed by atoms with Gasteiger partial charge in [-0.2, -0.15) is 5.26 Å². The van der Waals surface area contributed by atoms with Crippen LogP contribution in [0.25, 0.3) is 10.9 Å². The highest BCUT2D eigenvalue weighted by Gasteiger charge is 2.26. The molecular weight excluding hydrogens is 408 g/mol. The van der Waals surface area contributed by atoms with Crippen LogP contribution in [0.3, 0.4) is 0 Å². The second kappa shape index (κ2) is 9.38. The molecular formula is C27H32N6. The van der Waals surface area contributed by atoms with E-state index in [0.29, 0.717) is 23.6 Å². The van der Waals surface area contributed by atoms with Crippen molar-refractivity contribution in [2.75, 3.05) is 36.0 Å². The Morgan fingerprint density at radius 1 is 1.09 bits per heavy atom. The second-order valence-electron chi connectivity index (χ2n) is 9.63. The van der Waals surface area contributed by atoms with Gasteiger partial charge in [0.15, 0.2) is 0 Å². The van der Waals surface area contributed by atoms with Gasteiger partial charge < -0.3 is 20.9 Å². The van der Waals surface area contributed by atoms with Crippen LogP contribution in [0, 0.1) is 17.2 Å². The summed E-state index contributed by atoms with van der Waals surface area (Å²) in [7, 11) is 0. The summed E-state index contributed by atoms with van der Waals surface area (Å²) in [4.78, 5) is 9.32. The molecule has 0 spiro atoms. The highest BCUT2D eigenvalue weighted by Crippen LogP contribution is 2.31. The molecule has 1 unspecified atom stereocenters. The number of hydrogen-bond acceptors (Lipinski definition) is 6. The van der Waals surface area contributed by atoms with E-state index in [9.17, 15) is 5.26 Å². The minimum atomic E-state index is 0.298. The molecule has 3 aromatic rings. The van der Waals surface area contributed by atoms with Gasteiger partial charge in [-0.3, -0.25) is 4.98 Å². The number of rotatable bonds is 5. The molecule has 2 fully saturated rings. The Morgan fingerprint density at radius 3 is 2.70 bits per heavy atom. The average molecular weight is 441 g/mol. The summed E-state index contributed by atoms with van der Waals surface area (Å²) < 4.78 is 0. The minimum absolute atomic E-state index is 0.298. The third-order valence-corrected chi connectivity index (χ3v) is 6.99. The molecule has 33 heavy (non-hydrogen) atoms. The van der Waals surface area contributed by atoms with Gasteiger partial charge in [0.25, 0.3) is 0 Å². The SMILES string of the molecule is C[C@H]1C[C@@H](NCc2ccc(N3CCC(N)C3)cc2)CN(c2ccc(C#N)c3ncccc23)C1. The smallest absolute Gasteiger partial charge is 0.101 e. The van der Waals surface area contributed by atoms with E-state index in [1.54, 1.807) is 6.20 Å². The normalized spacial score (nSPS) is 23.1. The molecule has 0 saturated carbocycles. The molecule has 0 amide bonds. The molecule has 1 aromatic heterocycles. The maximum absolute atomic E-state index is 9.47. The molecule has 0 aliphatic carbocycles. The number of aromatic nitrogens is 1. The lowest BCUT2D eigenvalue weighted by Crippen LogP contribution is -2.48. The molecule has 6 heteroatoms. The van der Waals surface area contributed by atoms with Crippen molar-refractivity contribution in [1.82, 2.24) is 10.3 Å². The molecule has 3 N–H and O–H groups in total. The number of benzene rings is 2. The van der Waals surface area contributed by atoms with Crippen LogP contribution >= 0.6 is 0 Å². The van der Waals surface area contributed by atoms with Crippen LogP contribution in [0.5, 0.6) is 0 Å². The van der Waals surface area contributed by atoms with Crippen LogP contribution in [0.15, 0.2) is 54.7 Å². The Morgan fingerprint density at radius 2 is 1.94 bits per heavy atom. The number of fused-ring (bicyclic) bond motifs is 1. The zero-order valence-electron chi connectivity index (χ0n) is 19.2. The molecule has 2 aliphatic heterocycles. The first-order valence-electron chi connectivity index (χ1n) is 12.0. The first-order chi connectivity index (χ1) is 16.1. The summed E-state index contributed by atoms with van der Waals surface area (Å²) in [6.07, 6.45) is 4.00. The molecule has 2 aromatic carbocycles. The molecule has 2 aliphatic rings. The van der Waals surface area contributed by atoms with Gasteiger partial charge >= 0.3 is 0 Å². The Hall–Kier alpha value is -3.14. The van der Waals surface area contributed by atoms with Gasteiger partial charge in [-0.1, -0.05) is 19.1 Å². The fraction of sp³-hybridized carbons (Fsp3) is 0.407. The van der Waals surface area contributed by atoms with Crippen molar-refractivity contribution in [2.24, 2.45) is 11.7 Å². The first kappa shape index (κ1) is 21.7. The van der Waals surface area contributed by atoms with Gasteiger partial charge in [0, 0.05) is 67.8 Å². The predicted octanol–water partition coefficient (Wildman–Crippen LogP) is 3.65. The van der Waals surface area contributed by atoms with Crippen LogP contribution in [0.1, 0.15) is 30.9 Å². The van der Waals surface area contributed by atoms with Gasteiger partial charge in [-0.15, -0.1) is 0 Å². The number of nitrogens with one attached hydrogen (secondary N) is 1. The second-order valence-corrected chi connectivity index (χ2v) is 9.63. The average Bonchev–Trinajstić information content (AvgIpc) is 3.28. The van der Waals surface area contributed by atoms with Gasteiger partial charge in [0.2, 0.25) is 0 Å². The van der Waals surface area contributed by atoms with Crippen LogP contribution < -0.4 is 20.9 Å². The third-order valence-electron chi connectivity index (χ3n) is 6.99. The summed E-state index contributed by atoms with van der Waals surface area (Å²) in [6, 6.07) is 19.9. The summed E-state index contributed by atoms with van der Waals surface area (Å²) in [6.45, 7) is 7.15. The highest BCUT2D eigenvalue weighted by molar-refractivity contribution is 5.95. The number of anilines is 2. The lowest BCUT2D eigenvalue weighted by molar-refractivity contribution is 0.350. The van der Waals surface area contributed by atoms with Gasteiger partial charge in [0.1, 0.15) is 6.07 Å².